The number of hydrogen-bond acceptors (Lipinski definition) is 2. The maximum atomic E-state index is 11.6. The molecule has 0 aliphatic carbocycles. The minimum atomic E-state index is 0.102. The van der Waals surface area contributed by atoms with Crippen LogP contribution in [0, 0.1) is 0 Å². The first-order valence-corrected chi connectivity index (χ1v) is 7.19. The summed E-state index contributed by atoms with van der Waals surface area (Å²) in [7, 11) is 0. The summed E-state index contributed by atoms with van der Waals surface area (Å²) in [4.78, 5) is 11.6. The molecule has 1 rings (SSSR count). The minimum Gasteiger partial charge on any atom is -0.354 e. The molecule has 4 heteroatoms. The van der Waals surface area contributed by atoms with Crippen LogP contribution < -0.4 is 10.6 Å². The zero-order chi connectivity index (χ0) is 14.3. The van der Waals surface area contributed by atoms with E-state index in [9.17, 15) is 4.79 Å². The third kappa shape index (κ3) is 6.08. The molecular weight excluding hydrogens is 260 g/mol. The van der Waals surface area contributed by atoms with Crippen molar-refractivity contribution in [1.82, 2.24) is 10.6 Å². The van der Waals surface area contributed by atoms with E-state index < -0.39 is 0 Å². The molecular formula is C15H23ClN2O. The summed E-state index contributed by atoms with van der Waals surface area (Å²) in [5.41, 5.74) is 1.17. The molecule has 3 nitrogen and oxygen atoms in total. The summed E-state index contributed by atoms with van der Waals surface area (Å²) in [6.45, 7) is 6.83. The van der Waals surface area contributed by atoms with Crippen molar-refractivity contribution in [3.05, 3.63) is 34.9 Å². The van der Waals surface area contributed by atoms with Crippen LogP contribution in [-0.4, -0.2) is 18.5 Å². The van der Waals surface area contributed by atoms with E-state index in [-0.39, 0.29) is 18.0 Å². The van der Waals surface area contributed by atoms with E-state index in [1.807, 2.05) is 31.2 Å². The SMILES string of the molecule is CCC(C)NC(=O)CCNC(C)c1ccc(Cl)cc1. The van der Waals surface area contributed by atoms with E-state index in [2.05, 4.69) is 24.5 Å². The summed E-state index contributed by atoms with van der Waals surface area (Å²) >= 11 is 5.85. The number of carbonyl (C=O) groups excluding carboxylic acids is 1. The van der Waals surface area contributed by atoms with Gasteiger partial charge in [0, 0.05) is 30.1 Å². The molecule has 0 saturated carbocycles. The molecule has 2 N–H and O–H groups in total. The summed E-state index contributed by atoms with van der Waals surface area (Å²) in [6, 6.07) is 8.23. The van der Waals surface area contributed by atoms with Gasteiger partial charge in [0.2, 0.25) is 5.91 Å². The smallest absolute Gasteiger partial charge is 0.221 e. The second kappa shape index (κ2) is 8.18. The first-order chi connectivity index (χ1) is 9.02. The fourth-order valence-corrected chi connectivity index (χ4v) is 1.85. The van der Waals surface area contributed by atoms with E-state index in [0.717, 1.165) is 11.4 Å². The number of amides is 1. The van der Waals surface area contributed by atoms with Gasteiger partial charge in [0.1, 0.15) is 0 Å². The highest BCUT2D eigenvalue weighted by Gasteiger charge is 2.07. The van der Waals surface area contributed by atoms with Crippen molar-refractivity contribution in [1.29, 1.82) is 0 Å². The van der Waals surface area contributed by atoms with E-state index >= 15 is 0 Å². The highest BCUT2D eigenvalue weighted by molar-refractivity contribution is 6.30. The normalized spacial score (nSPS) is 13.9. The second-order valence-corrected chi connectivity index (χ2v) is 5.29. The number of hydrogen-bond donors (Lipinski definition) is 2. The molecule has 0 bridgehead atoms. The molecule has 0 radical (unpaired) electrons. The van der Waals surface area contributed by atoms with E-state index in [4.69, 9.17) is 11.6 Å². The van der Waals surface area contributed by atoms with Gasteiger partial charge in [0.15, 0.2) is 0 Å². The van der Waals surface area contributed by atoms with E-state index in [1.54, 1.807) is 0 Å². The summed E-state index contributed by atoms with van der Waals surface area (Å²) in [5.74, 6) is 0.102. The van der Waals surface area contributed by atoms with Crippen LogP contribution in [0.4, 0.5) is 0 Å². The van der Waals surface area contributed by atoms with Gasteiger partial charge < -0.3 is 10.6 Å². The lowest BCUT2D eigenvalue weighted by molar-refractivity contribution is -0.121. The average molecular weight is 283 g/mol. The van der Waals surface area contributed by atoms with E-state index in [0.29, 0.717) is 13.0 Å². The number of carbonyl (C=O) groups is 1. The molecule has 19 heavy (non-hydrogen) atoms. The lowest BCUT2D eigenvalue weighted by Crippen LogP contribution is -2.34. The third-order valence-corrected chi connectivity index (χ3v) is 3.44. The third-order valence-electron chi connectivity index (χ3n) is 3.19. The van der Waals surface area contributed by atoms with Crippen LogP contribution in [0.15, 0.2) is 24.3 Å². The first kappa shape index (κ1) is 16.0. The lowest BCUT2D eigenvalue weighted by Gasteiger charge is -2.15. The Morgan fingerprint density at radius 3 is 2.47 bits per heavy atom. The maximum absolute atomic E-state index is 11.6. The van der Waals surface area contributed by atoms with Crippen molar-refractivity contribution >= 4 is 17.5 Å². The Morgan fingerprint density at radius 1 is 1.26 bits per heavy atom. The van der Waals surface area contributed by atoms with Gasteiger partial charge in [0.05, 0.1) is 0 Å². The van der Waals surface area contributed by atoms with Crippen LogP contribution in [0.2, 0.25) is 5.02 Å². The highest BCUT2D eigenvalue weighted by atomic mass is 35.5. The van der Waals surface area contributed by atoms with Crippen LogP contribution >= 0.6 is 11.6 Å². The van der Waals surface area contributed by atoms with Crippen LogP contribution in [0.25, 0.3) is 0 Å². The predicted molar refractivity (Wildman–Crippen MR) is 80.4 cm³/mol. The van der Waals surface area contributed by atoms with Crippen molar-refractivity contribution in [2.24, 2.45) is 0 Å². The number of rotatable bonds is 7. The molecule has 1 amide bonds. The zero-order valence-corrected chi connectivity index (χ0v) is 12.6. The van der Waals surface area contributed by atoms with Gasteiger partial charge in [-0.15, -0.1) is 0 Å². The van der Waals surface area contributed by atoms with Gasteiger partial charge in [-0.2, -0.15) is 0 Å². The Labute approximate surface area is 120 Å². The first-order valence-electron chi connectivity index (χ1n) is 6.81. The Balaban J connectivity index is 2.29. The van der Waals surface area contributed by atoms with E-state index in [1.165, 1.54) is 5.56 Å². The van der Waals surface area contributed by atoms with Crippen molar-refractivity contribution < 1.29 is 4.79 Å². The lowest BCUT2D eigenvalue weighted by atomic mass is 10.1. The Bertz CT molecular complexity index is 392. The van der Waals surface area contributed by atoms with Gasteiger partial charge in [-0.25, -0.2) is 0 Å². The Morgan fingerprint density at radius 2 is 1.89 bits per heavy atom. The monoisotopic (exact) mass is 282 g/mol. The van der Waals surface area contributed by atoms with Crippen molar-refractivity contribution in [3.63, 3.8) is 0 Å². The topological polar surface area (TPSA) is 41.1 Å². The second-order valence-electron chi connectivity index (χ2n) is 4.85. The average Bonchev–Trinajstić information content (AvgIpc) is 2.39. The molecule has 0 heterocycles. The van der Waals surface area contributed by atoms with Crippen LogP contribution in [0.1, 0.15) is 45.2 Å². The Hall–Kier alpha value is -1.06. The van der Waals surface area contributed by atoms with Gasteiger partial charge >= 0.3 is 0 Å². The maximum Gasteiger partial charge on any atom is 0.221 e. The molecule has 2 unspecified atom stereocenters. The van der Waals surface area contributed by atoms with Crippen molar-refractivity contribution in [2.75, 3.05) is 6.54 Å². The highest BCUT2D eigenvalue weighted by Crippen LogP contribution is 2.15. The standard InChI is InChI=1S/C15H23ClN2O/c1-4-11(2)18-15(19)9-10-17-12(3)13-5-7-14(16)8-6-13/h5-8,11-12,17H,4,9-10H2,1-3H3,(H,18,19). The molecule has 0 aliphatic rings. The zero-order valence-electron chi connectivity index (χ0n) is 11.9. The van der Waals surface area contributed by atoms with Gasteiger partial charge in [-0.05, 0) is 38.0 Å². The molecule has 0 aliphatic heterocycles. The molecule has 0 fully saturated rings. The quantitative estimate of drug-likeness (QED) is 0.806. The molecule has 1 aromatic carbocycles. The summed E-state index contributed by atoms with van der Waals surface area (Å²) in [6.07, 6.45) is 1.46. The van der Waals surface area contributed by atoms with Crippen LogP contribution in [0.3, 0.4) is 0 Å². The Kier molecular flexibility index (Phi) is 6.89. The van der Waals surface area contributed by atoms with Crippen molar-refractivity contribution in [3.8, 4) is 0 Å². The summed E-state index contributed by atoms with van der Waals surface area (Å²) < 4.78 is 0. The molecule has 2 atom stereocenters. The number of benzene rings is 1. The largest absolute Gasteiger partial charge is 0.354 e. The van der Waals surface area contributed by atoms with Crippen molar-refractivity contribution in [2.45, 2.75) is 45.7 Å². The van der Waals surface area contributed by atoms with Gasteiger partial charge in [-0.3, -0.25) is 4.79 Å². The van der Waals surface area contributed by atoms with Crippen LogP contribution in [0.5, 0.6) is 0 Å². The number of nitrogens with one attached hydrogen (secondary N) is 2. The predicted octanol–water partition coefficient (Wildman–Crippen LogP) is 3.30. The van der Waals surface area contributed by atoms with Crippen LogP contribution in [-0.2, 0) is 4.79 Å². The molecule has 0 aromatic heterocycles. The molecule has 0 saturated heterocycles. The van der Waals surface area contributed by atoms with Gasteiger partial charge in [-0.1, -0.05) is 30.7 Å². The molecule has 0 spiro atoms. The fraction of sp³-hybridized carbons (Fsp3) is 0.533. The summed E-state index contributed by atoms with van der Waals surface area (Å²) in [5, 5.41) is 7.03. The molecule has 106 valence electrons. The molecule has 1 aromatic rings. The fourth-order valence-electron chi connectivity index (χ4n) is 1.72. The minimum absolute atomic E-state index is 0.102. The number of halogens is 1. The van der Waals surface area contributed by atoms with Gasteiger partial charge in [0.25, 0.3) is 0 Å².